The molecule has 1 fully saturated rings. The maximum atomic E-state index is 12.4. The summed E-state index contributed by atoms with van der Waals surface area (Å²) in [5.41, 5.74) is 1.23. The van der Waals surface area contributed by atoms with Crippen LogP contribution in [0.3, 0.4) is 0 Å². The van der Waals surface area contributed by atoms with Gasteiger partial charge in [-0.3, -0.25) is 14.4 Å². The molecular weight excluding hydrogens is 294 g/mol. The summed E-state index contributed by atoms with van der Waals surface area (Å²) < 4.78 is 0. The first-order valence-electron chi connectivity index (χ1n) is 7.88. The second-order valence-electron chi connectivity index (χ2n) is 5.96. The number of likely N-dealkylation sites (tertiary alicyclic amines) is 1. The number of nitrogens with one attached hydrogen (secondary N) is 2. The number of amides is 3. The van der Waals surface area contributed by atoms with Crippen LogP contribution in [-0.4, -0.2) is 35.2 Å². The van der Waals surface area contributed by atoms with Crippen LogP contribution in [0.25, 0.3) is 0 Å². The van der Waals surface area contributed by atoms with Crippen molar-refractivity contribution < 1.29 is 14.4 Å². The van der Waals surface area contributed by atoms with Crippen LogP contribution in [0.15, 0.2) is 24.3 Å². The maximum absolute atomic E-state index is 12.4. The molecule has 23 heavy (non-hydrogen) atoms. The van der Waals surface area contributed by atoms with Gasteiger partial charge in [-0.15, -0.1) is 0 Å². The summed E-state index contributed by atoms with van der Waals surface area (Å²) in [5, 5.41) is 5.50. The van der Waals surface area contributed by atoms with Crippen molar-refractivity contribution in [1.82, 2.24) is 4.90 Å². The molecule has 1 heterocycles. The average molecular weight is 317 g/mol. The second kappa shape index (κ2) is 7.26. The summed E-state index contributed by atoms with van der Waals surface area (Å²) in [5.74, 6) is -0.629. The zero-order valence-electron chi connectivity index (χ0n) is 13.8. The Bertz CT molecular complexity index is 615. The molecule has 2 unspecified atom stereocenters. The Labute approximate surface area is 136 Å². The highest BCUT2D eigenvalue weighted by Crippen LogP contribution is 2.23. The molecule has 0 saturated carbocycles. The van der Waals surface area contributed by atoms with Gasteiger partial charge in [-0.2, -0.15) is 0 Å². The van der Waals surface area contributed by atoms with Crippen LogP contribution >= 0.6 is 0 Å². The van der Waals surface area contributed by atoms with E-state index in [0.717, 1.165) is 6.42 Å². The van der Waals surface area contributed by atoms with E-state index < -0.39 is 0 Å². The van der Waals surface area contributed by atoms with E-state index in [0.29, 0.717) is 17.9 Å². The Hall–Kier alpha value is -2.37. The van der Waals surface area contributed by atoms with E-state index >= 15 is 0 Å². The van der Waals surface area contributed by atoms with Gasteiger partial charge in [0.05, 0.1) is 5.92 Å². The van der Waals surface area contributed by atoms with Crippen LogP contribution in [0.4, 0.5) is 11.4 Å². The van der Waals surface area contributed by atoms with Crippen molar-refractivity contribution in [3.63, 3.8) is 0 Å². The first-order chi connectivity index (χ1) is 10.9. The second-order valence-corrected chi connectivity index (χ2v) is 5.96. The van der Waals surface area contributed by atoms with Gasteiger partial charge in [0.1, 0.15) is 0 Å². The molecule has 0 aliphatic carbocycles. The number of anilines is 2. The van der Waals surface area contributed by atoms with Gasteiger partial charge in [-0.1, -0.05) is 13.0 Å². The smallest absolute Gasteiger partial charge is 0.229 e. The van der Waals surface area contributed by atoms with Gasteiger partial charge < -0.3 is 15.5 Å². The number of nitrogens with zero attached hydrogens (tertiary/aromatic N) is 1. The minimum absolute atomic E-state index is 0.0338. The molecule has 1 aromatic rings. The number of rotatable bonds is 5. The number of carbonyl (C=O) groups is 3. The molecule has 0 radical (unpaired) electrons. The van der Waals surface area contributed by atoms with E-state index in [1.807, 2.05) is 13.8 Å². The third kappa shape index (κ3) is 4.31. The van der Waals surface area contributed by atoms with E-state index in [1.54, 1.807) is 29.2 Å². The molecule has 2 rings (SSSR count). The van der Waals surface area contributed by atoms with Gasteiger partial charge in [0.25, 0.3) is 0 Å². The Morgan fingerprint density at radius 3 is 2.57 bits per heavy atom. The third-order valence-electron chi connectivity index (χ3n) is 4.10. The summed E-state index contributed by atoms with van der Waals surface area (Å²) in [6.07, 6.45) is 1.13. The number of hydrogen-bond acceptors (Lipinski definition) is 3. The molecule has 2 atom stereocenters. The number of benzene rings is 1. The quantitative estimate of drug-likeness (QED) is 0.874. The first-order valence-corrected chi connectivity index (χ1v) is 7.88. The molecule has 1 aromatic carbocycles. The molecular formula is C17H23N3O3. The standard InChI is InChI=1S/C17H23N3O3/c1-4-11(2)20-10-13(8-16(20)22)17(23)19-15-7-5-6-14(9-15)18-12(3)21/h5-7,9,11,13H,4,8,10H2,1-3H3,(H,18,21)(H,19,23). The maximum Gasteiger partial charge on any atom is 0.229 e. The fourth-order valence-corrected chi connectivity index (χ4v) is 2.68. The lowest BCUT2D eigenvalue weighted by Gasteiger charge is -2.23. The Balaban J connectivity index is 2.00. The monoisotopic (exact) mass is 317 g/mol. The molecule has 0 bridgehead atoms. The largest absolute Gasteiger partial charge is 0.339 e. The summed E-state index contributed by atoms with van der Waals surface area (Å²) in [4.78, 5) is 37.2. The number of carbonyl (C=O) groups excluding carboxylic acids is 3. The van der Waals surface area contributed by atoms with E-state index in [2.05, 4.69) is 10.6 Å². The highest BCUT2D eigenvalue weighted by atomic mass is 16.2. The molecule has 6 heteroatoms. The van der Waals surface area contributed by atoms with Crippen molar-refractivity contribution in [3.8, 4) is 0 Å². The fraction of sp³-hybridized carbons (Fsp3) is 0.471. The molecule has 2 N–H and O–H groups in total. The van der Waals surface area contributed by atoms with E-state index in [1.165, 1.54) is 6.92 Å². The zero-order chi connectivity index (χ0) is 17.0. The van der Waals surface area contributed by atoms with Crippen LogP contribution in [-0.2, 0) is 14.4 Å². The molecule has 1 saturated heterocycles. The zero-order valence-corrected chi connectivity index (χ0v) is 13.8. The van der Waals surface area contributed by atoms with Crippen LogP contribution in [0.5, 0.6) is 0 Å². The van der Waals surface area contributed by atoms with E-state index in [9.17, 15) is 14.4 Å². The Morgan fingerprint density at radius 1 is 1.30 bits per heavy atom. The lowest BCUT2D eigenvalue weighted by molar-refractivity contribution is -0.129. The summed E-state index contributed by atoms with van der Waals surface area (Å²) in [7, 11) is 0. The normalized spacial score (nSPS) is 18.7. The molecule has 124 valence electrons. The van der Waals surface area contributed by atoms with E-state index in [4.69, 9.17) is 0 Å². The Morgan fingerprint density at radius 2 is 1.96 bits per heavy atom. The van der Waals surface area contributed by atoms with Gasteiger partial charge in [-0.05, 0) is 31.5 Å². The highest BCUT2D eigenvalue weighted by molar-refractivity contribution is 5.98. The third-order valence-corrected chi connectivity index (χ3v) is 4.10. The van der Waals surface area contributed by atoms with Gasteiger partial charge in [0, 0.05) is 37.3 Å². The van der Waals surface area contributed by atoms with Crippen LogP contribution in [0.2, 0.25) is 0 Å². The van der Waals surface area contributed by atoms with Crippen molar-refractivity contribution in [2.75, 3.05) is 17.2 Å². The number of hydrogen-bond donors (Lipinski definition) is 2. The molecule has 3 amide bonds. The molecule has 1 aliphatic rings. The van der Waals surface area contributed by atoms with Crippen molar-refractivity contribution in [1.29, 1.82) is 0 Å². The SMILES string of the molecule is CCC(C)N1CC(C(=O)Nc2cccc(NC(C)=O)c2)CC1=O. The van der Waals surface area contributed by atoms with Crippen LogP contribution in [0, 0.1) is 5.92 Å². The fourth-order valence-electron chi connectivity index (χ4n) is 2.68. The van der Waals surface area contributed by atoms with E-state index in [-0.39, 0.29) is 36.1 Å². The lowest BCUT2D eigenvalue weighted by Crippen LogP contribution is -2.35. The summed E-state index contributed by atoms with van der Waals surface area (Å²) in [6, 6.07) is 7.12. The highest BCUT2D eigenvalue weighted by Gasteiger charge is 2.36. The van der Waals surface area contributed by atoms with Gasteiger partial charge >= 0.3 is 0 Å². The van der Waals surface area contributed by atoms with Crippen molar-refractivity contribution in [3.05, 3.63) is 24.3 Å². The van der Waals surface area contributed by atoms with Crippen LogP contribution < -0.4 is 10.6 Å². The Kier molecular flexibility index (Phi) is 5.36. The van der Waals surface area contributed by atoms with Crippen molar-refractivity contribution in [2.45, 2.75) is 39.7 Å². The van der Waals surface area contributed by atoms with Crippen LogP contribution in [0.1, 0.15) is 33.6 Å². The van der Waals surface area contributed by atoms with Gasteiger partial charge in [0.15, 0.2) is 0 Å². The average Bonchev–Trinajstić information content (AvgIpc) is 2.88. The molecule has 0 aromatic heterocycles. The van der Waals surface area contributed by atoms with Gasteiger partial charge in [-0.25, -0.2) is 0 Å². The van der Waals surface area contributed by atoms with Crippen molar-refractivity contribution in [2.24, 2.45) is 5.92 Å². The molecule has 0 spiro atoms. The van der Waals surface area contributed by atoms with Gasteiger partial charge in [0.2, 0.25) is 17.7 Å². The molecule has 6 nitrogen and oxygen atoms in total. The van der Waals surface area contributed by atoms with Crippen molar-refractivity contribution >= 4 is 29.1 Å². The predicted molar refractivity (Wildman–Crippen MR) is 88.9 cm³/mol. The lowest BCUT2D eigenvalue weighted by atomic mass is 10.1. The topological polar surface area (TPSA) is 78.5 Å². The molecule has 1 aliphatic heterocycles. The summed E-state index contributed by atoms with van der Waals surface area (Å²) in [6.45, 7) is 5.91. The predicted octanol–water partition coefficient (Wildman–Crippen LogP) is 2.23. The minimum atomic E-state index is -0.332. The minimum Gasteiger partial charge on any atom is -0.339 e. The summed E-state index contributed by atoms with van der Waals surface area (Å²) >= 11 is 0. The first kappa shape index (κ1) is 17.0.